The first-order valence-corrected chi connectivity index (χ1v) is 5.36. The molecule has 1 saturated carbocycles. The van der Waals surface area contributed by atoms with Crippen LogP contribution in [0.5, 0.6) is 5.75 Å². The van der Waals surface area contributed by atoms with E-state index in [9.17, 15) is 5.11 Å². The number of aromatic hydroxyl groups is 1. The average Bonchev–Trinajstić information content (AvgIpc) is 2.18. The predicted molar refractivity (Wildman–Crippen MR) is 55.2 cm³/mol. The molecule has 0 radical (unpaired) electrons. The van der Waals surface area contributed by atoms with Gasteiger partial charge in [0.15, 0.2) is 0 Å². The molecule has 1 aromatic carbocycles. The van der Waals surface area contributed by atoms with Crippen LogP contribution >= 0.6 is 0 Å². The molecule has 0 aromatic heterocycles. The van der Waals surface area contributed by atoms with Gasteiger partial charge in [0.05, 0.1) is 0 Å². The molecule has 2 heteroatoms. The molecule has 3 fully saturated rings. The van der Waals surface area contributed by atoms with E-state index < -0.39 is 0 Å². The molecule has 2 N–H and O–H groups in total. The van der Waals surface area contributed by atoms with Crippen LogP contribution in [-0.2, 0) is 5.54 Å². The summed E-state index contributed by atoms with van der Waals surface area (Å²) in [6.45, 7) is 0. The van der Waals surface area contributed by atoms with E-state index in [1.54, 1.807) is 6.07 Å². The Labute approximate surface area is 84.0 Å². The third-order valence-corrected chi connectivity index (χ3v) is 3.65. The van der Waals surface area contributed by atoms with Crippen LogP contribution in [0.1, 0.15) is 31.2 Å². The van der Waals surface area contributed by atoms with Crippen molar-refractivity contribution < 1.29 is 5.11 Å². The molecule has 2 unspecified atom stereocenters. The lowest BCUT2D eigenvalue weighted by molar-refractivity contribution is 0.0665. The van der Waals surface area contributed by atoms with Crippen LogP contribution in [-0.4, -0.2) is 11.1 Å². The Kier molecular flexibility index (Phi) is 1.62. The summed E-state index contributed by atoms with van der Waals surface area (Å²) in [4.78, 5) is 0. The lowest BCUT2D eigenvalue weighted by Crippen LogP contribution is -2.63. The molecule has 3 aliphatic rings. The summed E-state index contributed by atoms with van der Waals surface area (Å²) in [6, 6.07) is 8.42. The van der Waals surface area contributed by atoms with E-state index in [0.717, 1.165) is 5.56 Å². The molecule has 14 heavy (non-hydrogen) atoms. The van der Waals surface area contributed by atoms with Gasteiger partial charge in [0, 0.05) is 17.1 Å². The van der Waals surface area contributed by atoms with Gasteiger partial charge in [0.25, 0.3) is 0 Å². The van der Waals surface area contributed by atoms with Gasteiger partial charge in [-0.05, 0) is 31.7 Å². The largest absolute Gasteiger partial charge is 0.508 e. The van der Waals surface area contributed by atoms with Crippen LogP contribution < -0.4 is 5.32 Å². The number of para-hydroxylation sites is 1. The third kappa shape index (κ3) is 1.01. The molecule has 0 spiro atoms. The second-order valence-electron chi connectivity index (χ2n) is 4.54. The Bertz CT molecular complexity index is 350. The number of hydrogen-bond acceptors (Lipinski definition) is 2. The van der Waals surface area contributed by atoms with E-state index in [2.05, 4.69) is 5.32 Å². The fraction of sp³-hybridized carbons (Fsp3) is 0.500. The highest BCUT2D eigenvalue weighted by atomic mass is 16.3. The van der Waals surface area contributed by atoms with Crippen molar-refractivity contribution >= 4 is 0 Å². The molecule has 1 aromatic rings. The number of hydrogen-bond donors (Lipinski definition) is 2. The van der Waals surface area contributed by atoms with Crippen LogP contribution in [0.4, 0.5) is 0 Å². The van der Waals surface area contributed by atoms with Gasteiger partial charge in [0.2, 0.25) is 0 Å². The summed E-state index contributed by atoms with van der Waals surface area (Å²) in [5, 5.41) is 13.4. The summed E-state index contributed by atoms with van der Waals surface area (Å²) in [6.07, 6.45) is 4.95. The van der Waals surface area contributed by atoms with Gasteiger partial charge in [-0.15, -0.1) is 0 Å². The van der Waals surface area contributed by atoms with Crippen LogP contribution in [0.15, 0.2) is 24.3 Å². The Morgan fingerprint density at radius 2 is 2.14 bits per heavy atom. The normalized spacial score (nSPS) is 35.0. The average molecular weight is 189 g/mol. The van der Waals surface area contributed by atoms with Gasteiger partial charge in [0.1, 0.15) is 5.75 Å². The quantitative estimate of drug-likeness (QED) is 0.709. The zero-order valence-electron chi connectivity index (χ0n) is 8.16. The molecule has 2 aliphatic heterocycles. The van der Waals surface area contributed by atoms with Crippen LogP contribution in [0.2, 0.25) is 0 Å². The number of piperidine rings is 1. The summed E-state index contributed by atoms with van der Waals surface area (Å²) < 4.78 is 0. The van der Waals surface area contributed by atoms with Crippen LogP contribution in [0.3, 0.4) is 0 Å². The summed E-state index contributed by atoms with van der Waals surface area (Å²) in [7, 11) is 0. The SMILES string of the molecule is Oc1ccccc1C12CCCC(C1)N2. The lowest BCUT2D eigenvalue weighted by Gasteiger charge is -2.54. The highest BCUT2D eigenvalue weighted by molar-refractivity contribution is 5.40. The van der Waals surface area contributed by atoms with Crippen molar-refractivity contribution in [3.05, 3.63) is 29.8 Å². The minimum atomic E-state index is 0.105. The molecule has 2 saturated heterocycles. The van der Waals surface area contributed by atoms with Gasteiger partial charge in [-0.2, -0.15) is 0 Å². The minimum Gasteiger partial charge on any atom is -0.508 e. The van der Waals surface area contributed by atoms with Crippen molar-refractivity contribution in [1.82, 2.24) is 5.32 Å². The molecule has 2 bridgehead atoms. The van der Waals surface area contributed by atoms with E-state index >= 15 is 0 Å². The third-order valence-electron chi connectivity index (χ3n) is 3.65. The molecule has 2 nitrogen and oxygen atoms in total. The first-order valence-electron chi connectivity index (χ1n) is 5.36. The first kappa shape index (κ1) is 8.30. The van der Waals surface area contributed by atoms with E-state index in [0.29, 0.717) is 11.8 Å². The van der Waals surface area contributed by atoms with Gasteiger partial charge in [-0.25, -0.2) is 0 Å². The fourth-order valence-corrected chi connectivity index (χ4v) is 2.99. The molecule has 0 amide bonds. The van der Waals surface area contributed by atoms with E-state index in [1.165, 1.54) is 25.7 Å². The van der Waals surface area contributed by atoms with E-state index in [-0.39, 0.29) is 5.54 Å². The molecule has 2 atom stereocenters. The molecule has 74 valence electrons. The Morgan fingerprint density at radius 1 is 1.36 bits per heavy atom. The molecular formula is C12H15NO. The highest BCUT2D eigenvalue weighted by Gasteiger charge is 2.48. The maximum atomic E-state index is 9.81. The number of phenols is 1. The molecular weight excluding hydrogens is 174 g/mol. The number of benzene rings is 1. The Morgan fingerprint density at radius 3 is 2.79 bits per heavy atom. The highest BCUT2D eigenvalue weighted by Crippen LogP contribution is 2.47. The Balaban J connectivity index is 1.99. The summed E-state index contributed by atoms with van der Waals surface area (Å²) in [5.41, 5.74) is 1.20. The van der Waals surface area contributed by atoms with Crippen molar-refractivity contribution in [2.24, 2.45) is 0 Å². The predicted octanol–water partition coefficient (Wildman–Crippen LogP) is 2.13. The van der Waals surface area contributed by atoms with Crippen LogP contribution in [0, 0.1) is 0 Å². The zero-order chi connectivity index (χ0) is 9.60. The number of rotatable bonds is 1. The van der Waals surface area contributed by atoms with E-state index in [1.807, 2.05) is 18.2 Å². The molecule has 2 heterocycles. The van der Waals surface area contributed by atoms with Gasteiger partial charge >= 0.3 is 0 Å². The maximum Gasteiger partial charge on any atom is 0.120 e. The fourth-order valence-electron chi connectivity index (χ4n) is 2.99. The van der Waals surface area contributed by atoms with Crippen molar-refractivity contribution in [2.45, 2.75) is 37.3 Å². The standard InChI is InChI=1S/C12H15NO/c14-11-6-2-1-5-10(11)12-7-3-4-9(8-12)13-12/h1-2,5-6,9,13-14H,3-4,7-8H2. The van der Waals surface area contributed by atoms with Crippen molar-refractivity contribution in [3.63, 3.8) is 0 Å². The number of fused-ring (bicyclic) bond motifs is 2. The molecule has 1 aliphatic carbocycles. The van der Waals surface area contributed by atoms with Crippen molar-refractivity contribution in [1.29, 1.82) is 0 Å². The van der Waals surface area contributed by atoms with E-state index in [4.69, 9.17) is 0 Å². The van der Waals surface area contributed by atoms with Gasteiger partial charge in [-0.1, -0.05) is 18.2 Å². The monoisotopic (exact) mass is 189 g/mol. The van der Waals surface area contributed by atoms with Crippen molar-refractivity contribution in [2.75, 3.05) is 0 Å². The molecule has 4 rings (SSSR count). The number of phenolic OH excluding ortho intramolecular Hbond substituents is 1. The minimum absolute atomic E-state index is 0.105. The first-order chi connectivity index (χ1) is 6.80. The van der Waals surface area contributed by atoms with Crippen molar-refractivity contribution in [3.8, 4) is 5.75 Å². The van der Waals surface area contributed by atoms with Gasteiger partial charge in [-0.3, -0.25) is 0 Å². The Hall–Kier alpha value is -1.02. The van der Waals surface area contributed by atoms with Crippen LogP contribution in [0.25, 0.3) is 0 Å². The number of nitrogens with one attached hydrogen (secondary N) is 1. The summed E-state index contributed by atoms with van der Waals surface area (Å²) >= 11 is 0. The van der Waals surface area contributed by atoms with Gasteiger partial charge < -0.3 is 10.4 Å². The summed E-state index contributed by atoms with van der Waals surface area (Å²) in [5.74, 6) is 0.445. The topological polar surface area (TPSA) is 32.3 Å². The second-order valence-corrected chi connectivity index (χ2v) is 4.54. The lowest BCUT2D eigenvalue weighted by atomic mass is 9.67. The zero-order valence-corrected chi connectivity index (χ0v) is 8.16. The maximum absolute atomic E-state index is 9.81. The second kappa shape index (κ2) is 2.74. The smallest absolute Gasteiger partial charge is 0.120 e.